The Balaban J connectivity index is 2.17. The fraction of sp³-hybridized carbons (Fsp3) is 1.00. The molecule has 0 radical (unpaired) electrons. The lowest BCUT2D eigenvalue weighted by Gasteiger charge is -2.51. The van der Waals surface area contributed by atoms with E-state index in [2.05, 4.69) is 13.8 Å². The number of aliphatic hydroxyl groups is 1. The molecule has 1 N–H and O–H groups in total. The zero-order chi connectivity index (χ0) is 8.77. The van der Waals surface area contributed by atoms with E-state index in [1.807, 2.05) is 0 Å². The van der Waals surface area contributed by atoms with Crippen LogP contribution in [0.3, 0.4) is 0 Å². The quantitative estimate of drug-likeness (QED) is 0.638. The van der Waals surface area contributed by atoms with Gasteiger partial charge in [-0.3, -0.25) is 0 Å². The van der Waals surface area contributed by atoms with Gasteiger partial charge >= 0.3 is 0 Å². The lowest BCUT2D eigenvalue weighted by atomic mass is 9.59. The van der Waals surface area contributed by atoms with E-state index < -0.39 is 0 Å². The molecule has 70 valence electrons. The van der Waals surface area contributed by atoms with Crippen molar-refractivity contribution < 1.29 is 5.11 Å². The van der Waals surface area contributed by atoms with Crippen LogP contribution in [-0.4, -0.2) is 10.7 Å². The number of fused-ring (bicyclic) bond motifs is 3. The fourth-order valence-corrected chi connectivity index (χ4v) is 3.20. The van der Waals surface area contributed by atoms with Gasteiger partial charge in [-0.05, 0) is 49.9 Å². The summed E-state index contributed by atoms with van der Waals surface area (Å²) in [5.74, 6) is 1.90. The van der Waals surface area contributed by atoms with Gasteiger partial charge in [0.05, 0.1) is 5.60 Å². The average Bonchev–Trinajstić information content (AvgIpc) is 2.05. The predicted molar refractivity (Wildman–Crippen MR) is 49.9 cm³/mol. The molecule has 12 heavy (non-hydrogen) atoms. The van der Waals surface area contributed by atoms with Crippen molar-refractivity contribution in [2.24, 2.45) is 17.8 Å². The van der Waals surface area contributed by atoms with Gasteiger partial charge in [-0.2, -0.15) is 0 Å². The van der Waals surface area contributed by atoms with Crippen LogP contribution in [0.5, 0.6) is 0 Å². The van der Waals surface area contributed by atoms with Gasteiger partial charge < -0.3 is 5.11 Å². The van der Waals surface area contributed by atoms with Crippen molar-refractivity contribution in [1.29, 1.82) is 0 Å². The normalized spacial score (nSPS) is 47.0. The van der Waals surface area contributed by atoms with Crippen molar-refractivity contribution in [2.45, 2.75) is 51.6 Å². The average molecular weight is 168 g/mol. The number of hydrogen-bond donors (Lipinski definition) is 1. The minimum atomic E-state index is -0.304. The molecule has 0 aromatic carbocycles. The summed E-state index contributed by atoms with van der Waals surface area (Å²) in [5.41, 5.74) is -0.304. The summed E-state index contributed by atoms with van der Waals surface area (Å²) in [6.07, 6.45) is 6.38. The summed E-state index contributed by atoms with van der Waals surface area (Å²) in [6, 6.07) is 0. The molecule has 3 aliphatic rings. The molecule has 1 heteroatoms. The first-order valence-electron chi connectivity index (χ1n) is 5.35. The molecule has 1 atom stereocenters. The summed E-state index contributed by atoms with van der Waals surface area (Å²) in [5, 5.41) is 10.4. The molecule has 0 saturated heterocycles. The maximum absolute atomic E-state index is 10.4. The van der Waals surface area contributed by atoms with E-state index in [1.165, 1.54) is 25.7 Å². The predicted octanol–water partition coefficient (Wildman–Crippen LogP) is 2.58. The topological polar surface area (TPSA) is 20.2 Å². The van der Waals surface area contributed by atoms with Crippen LogP contribution in [0.2, 0.25) is 0 Å². The van der Waals surface area contributed by atoms with Crippen molar-refractivity contribution in [3.05, 3.63) is 0 Å². The molecular weight excluding hydrogens is 148 g/mol. The fourth-order valence-electron chi connectivity index (χ4n) is 3.20. The highest BCUT2D eigenvalue weighted by Gasteiger charge is 2.47. The molecular formula is C11H20O. The Morgan fingerprint density at radius 3 is 2.00 bits per heavy atom. The third-order valence-electron chi connectivity index (χ3n) is 4.17. The Hall–Kier alpha value is -0.0400. The van der Waals surface area contributed by atoms with Crippen LogP contribution >= 0.6 is 0 Å². The van der Waals surface area contributed by atoms with E-state index in [-0.39, 0.29) is 5.60 Å². The van der Waals surface area contributed by atoms with Gasteiger partial charge in [0, 0.05) is 0 Å². The zero-order valence-electron chi connectivity index (χ0n) is 8.21. The van der Waals surface area contributed by atoms with Crippen molar-refractivity contribution in [2.75, 3.05) is 0 Å². The van der Waals surface area contributed by atoms with E-state index >= 15 is 0 Å². The Bertz CT molecular complexity index is 168. The number of hydrogen-bond acceptors (Lipinski definition) is 1. The lowest BCUT2D eigenvalue weighted by Crippen LogP contribution is -2.50. The highest BCUT2D eigenvalue weighted by Crippen LogP contribution is 2.50. The summed E-state index contributed by atoms with van der Waals surface area (Å²) in [4.78, 5) is 0. The molecule has 0 amide bonds. The van der Waals surface area contributed by atoms with Gasteiger partial charge in [-0.15, -0.1) is 0 Å². The second-order valence-corrected chi connectivity index (χ2v) is 5.07. The van der Waals surface area contributed by atoms with Crippen LogP contribution < -0.4 is 0 Å². The second-order valence-electron chi connectivity index (χ2n) is 5.07. The molecule has 1 nitrogen and oxygen atoms in total. The molecule has 3 saturated carbocycles. The molecule has 2 bridgehead atoms. The smallest absolute Gasteiger partial charge is 0.0701 e. The van der Waals surface area contributed by atoms with Crippen LogP contribution in [0.15, 0.2) is 0 Å². The maximum atomic E-state index is 10.4. The van der Waals surface area contributed by atoms with Crippen molar-refractivity contribution in [1.82, 2.24) is 0 Å². The Labute approximate surface area is 75.2 Å². The minimum absolute atomic E-state index is 0.304. The van der Waals surface area contributed by atoms with Crippen LogP contribution in [0, 0.1) is 17.8 Å². The standard InChI is InChI=1S/C11H20O/c1-8(2)11(12)7-9-3-5-10(11)6-4-9/h8-10,12H,3-7H2,1-2H3. The third-order valence-corrected chi connectivity index (χ3v) is 4.17. The van der Waals surface area contributed by atoms with Crippen molar-refractivity contribution >= 4 is 0 Å². The molecule has 0 aliphatic heterocycles. The first kappa shape index (κ1) is 8.55. The summed E-state index contributed by atoms with van der Waals surface area (Å²) < 4.78 is 0. The number of rotatable bonds is 1. The van der Waals surface area contributed by atoms with Gasteiger partial charge in [0.15, 0.2) is 0 Å². The van der Waals surface area contributed by atoms with E-state index in [9.17, 15) is 5.11 Å². The Morgan fingerprint density at radius 2 is 1.75 bits per heavy atom. The summed E-state index contributed by atoms with van der Waals surface area (Å²) >= 11 is 0. The lowest BCUT2D eigenvalue weighted by molar-refractivity contribution is -0.127. The third kappa shape index (κ3) is 1.10. The van der Waals surface area contributed by atoms with E-state index in [0.29, 0.717) is 11.8 Å². The maximum Gasteiger partial charge on any atom is 0.0701 e. The monoisotopic (exact) mass is 168 g/mol. The van der Waals surface area contributed by atoms with Gasteiger partial charge in [-0.1, -0.05) is 13.8 Å². The highest BCUT2D eigenvalue weighted by molar-refractivity contribution is 4.98. The van der Waals surface area contributed by atoms with Gasteiger partial charge in [0.1, 0.15) is 0 Å². The Morgan fingerprint density at radius 1 is 1.17 bits per heavy atom. The molecule has 1 unspecified atom stereocenters. The zero-order valence-corrected chi connectivity index (χ0v) is 8.21. The van der Waals surface area contributed by atoms with Crippen molar-refractivity contribution in [3.8, 4) is 0 Å². The molecule has 3 rings (SSSR count). The van der Waals surface area contributed by atoms with E-state index in [1.54, 1.807) is 0 Å². The summed E-state index contributed by atoms with van der Waals surface area (Å²) in [7, 11) is 0. The SMILES string of the molecule is CC(C)C1(O)CC2CCC1CC2. The molecule has 0 aromatic heterocycles. The summed E-state index contributed by atoms with van der Waals surface area (Å²) in [6.45, 7) is 4.33. The van der Waals surface area contributed by atoms with Gasteiger partial charge in [0.2, 0.25) is 0 Å². The van der Waals surface area contributed by atoms with Crippen molar-refractivity contribution in [3.63, 3.8) is 0 Å². The Kier molecular flexibility index (Phi) is 1.95. The van der Waals surface area contributed by atoms with Gasteiger partial charge in [0.25, 0.3) is 0 Å². The highest BCUT2D eigenvalue weighted by atomic mass is 16.3. The van der Waals surface area contributed by atoms with E-state index in [0.717, 1.165) is 12.3 Å². The first-order valence-corrected chi connectivity index (χ1v) is 5.35. The molecule has 0 heterocycles. The van der Waals surface area contributed by atoms with Crippen LogP contribution in [0.1, 0.15) is 46.0 Å². The largest absolute Gasteiger partial charge is 0.389 e. The van der Waals surface area contributed by atoms with E-state index in [4.69, 9.17) is 0 Å². The van der Waals surface area contributed by atoms with Crippen LogP contribution in [-0.2, 0) is 0 Å². The molecule has 3 aliphatic carbocycles. The second kappa shape index (κ2) is 2.73. The van der Waals surface area contributed by atoms with Gasteiger partial charge in [-0.25, -0.2) is 0 Å². The van der Waals surface area contributed by atoms with Crippen LogP contribution in [0.25, 0.3) is 0 Å². The molecule has 0 spiro atoms. The molecule has 3 fully saturated rings. The molecule has 0 aromatic rings. The van der Waals surface area contributed by atoms with Crippen LogP contribution in [0.4, 0.5) is 0 Å². The minimum Gasteiger partial charge on any atom is -0.389 e. The first-order chi connectivity index (χ1) is 5.63.